The molecular formula is C11H13BrCl2FNO2S. The van der Waals surface area contributed by atoms with Crippen LogP contribution < -0.4 is 4.72 Å². The lowest BCUT2D eigenvalue weighted by Gasteiger charge is -2.13. The second-order valence-electron chi connectivity index (χ2n) is 4.11. The van der Waals surface area contributed by atoms with Gasteiger partial charge in [0.1, 0.15) is 4.90 Å². The van der Waals surface area contributed by atoms with Crippen LogP contribution in [0.5, 0.6) is 0 Å². The summed E-state index contributed by atoms with van der Waals surface area (Å²) in [7, 11) is -3.84. The van der Waals surface area contributed by atoms with Gasteiger partial charge in [0, 0.05) is 11.9 Å². The van der Waals surface area contributed by atoms with Crippen molar-refractivity contribution in [2.75, 3.05) is 11.9 Å². The lowest BCUT2D eigenvalue weighted by atomic mass is 10.1. The molecule has 19 heavy (non-hydrogen) atoms. The molecule has 0 aliphatic carbocycles. The minimum absolute atomic E-state index is 0.157. The molecule has 108 valence electrons. The predicted molar refractivity (Wildman–Crippen MR) is 79.2 cm³/mol. The largest absolute Gasteiger partial charge is 0.242 e. The first kappa shape index (κ1) is 17.2. The molecule has 1 aromatic rings. The molecule has 0 fully saturated rings. The van der Waals surface area contributed by atoms with E-state index in [4.69, 9.17) is 23.2 Å². The van der Waals surface area contributed by atoms with E-state index in [0.717, 1.165) is 11.8 Å². The molecular weight excluding hydrogens is 380 g/mol. The molecule has 1 N–H and O–H groups in total. The van der Waals surface area contributed by atoms with Crippen molar-refractivity contribution in [3.63, 3.8) is 0 Å². The summed E-state index contributed by atoms with van der Waals surface area (Å²) >= 11 is 14.5. The maximum Gasteiger partial charge on any atom is 0.242 e. The minimum Gasteiger partial charge on any atom is -0.211 e. The van der Waals surface area contributed by atoms with E-state index < -0.39 is 20.9 Å². The van der Waals surface area contributed by atoms with E-state index in [9.17, 15) is 12.8 Å². The molecule has 0 amide bonds. The third-order valence-electron chi connectivity index (χ3n) is 2.51. The fourth-order valence-corrected chi connectivity index (χ4v) is 4.02. The van der Waals surface area contributed by atoms with Gasteiger partial charge in [-0.05, 0) is 24.5 Å². The molecule has 0 saturated carbocycles. The van der Waals surface area contributed by atoms with Gasteiger partial charge in [-0.1, -0.05) is 46.1 Å². The summed E-state index contributed by atoms with van der Waals surface area (Å²) in [6, 6.07) is 2.35. The quantitative estimate of drug-likeness (QED) is 0.590. The molecule has 1 unspecified atom stereocenters. The molecule has 0 spiro atoms. The molecule has 8 heteroatoms. The van der Waals surface area contributed by atoms with E-state index >= 15 is 0 Å². The van der Waals surface area contributed by atoms with Crippen molar-refractivity contribution in [1.29, 1.82) is 0 Å². The van der Waals surface area contributed by atoms with Crippen LogP contribution in [0.3, 0.4) is 0 Å². The van der Waals surface area contributed by atoms with Crippen LogP contribution in [0.15, 0.2) is 17.0 Å². The Balaban J connectivity index is 2.92. The average molecular weight is 393 g/mol. The lowest BCUT2D eigenvalue weighted by molar-refractivity contribution is 0.531. The SMILES string of the molecule is CC(CCBr)CNS(=O)(=O)c1ccc(Cl)c(F)c1Cl. The molecule has 0 saturated heterocycles. The summed E-state index contributed by atoms with van der Waals surface area (Å²) in [4.78, 5) is -0.304. The number of hydrogen-bond donors (Lipinski definition) is 1. The summed E-state index contributed by atoms with van der Waals surface area (Å²) in [6.45, 7) is 2.17. The predicted octanol–water partition coefficient (Wildman–Crippen LogP) is 3.83. The second-order valence-corrected chi connectivity index (χ2v) is 7.42. The zero-order chi connectivity index (χ0) is 14.6. The smallest absolute Gasteiger partial charge is 0.211 e. The molecule has 0 aliphatic rings. The van der Waals surface area contributed by atoms with Gasteiger partial charge >= 0.3 is 0 Å². The number of hydrogen-bond acceptors (Lipinski definition) is 2. The van der Waals surface area contributed by atoms with Crippen molar-refractivity contribution in [2.45, 2.75) is 18.2 Å². The Hall–Kier alpha value is 0.120. The Bertz CT molecular complexity index is 554. The Morgan fingerprint density at radius 3 is 2.63 bits per heavy atom. The highest BCUT2D eigenvalue weighted by Gasteiger charge is 2.22. The van der Waals surface area contributed by atoms with Crippen LogP contribution in [0, 0.1) is 11.7 Å². The Morgan fingerprint density at radius 2 is 2.05 bits per heavy atom. The van der Waals surface area contributed by atoms with Crippen LogP contribution in [-0.4, -0.2) is 20.3 Å². The highest BCUT2D eigenvalue weighted by atomic mass is 79.9. The number of halogens is 4. The topological polar surface area (TPSA) is 46.2 Å². The number of nitrogens with one attached hydrogen (secondary N) is 1. The van der Waals surface area contributed by atoms with Gasteiger partial charge < -0.3 is 0 Å². The van der Waals surface area contributed by atoms with Crippen LogP contribution in [-0.2, 0) is 10.0 Å². The van der Waals surface area contributed by atoms with Gasteiger partial charge in [-0.2, -0.15) is 0 Å². The third-order valence-corrected chi connectivity index (χ3v) is 5.21. The van der Waals surface area contributed by atoms with Gasteiger partial charge in [-0.3, -0.25) is 0 Å². The van der Waals surface area contributed by atoms with Crippen molar-refractivity contribution in [1.82, 2.24) is 4.72 Å². The van der Waals surface area contributed by atoms with Crippen molar-refractivity contribution in [2.24, 2.45) is 5.92 Å². The third kappa shape index (κ3) is 4.56. The first-order valence-electron chi connectivity index (χ1n) is 5.48. The van der Waals surface area contributed by atoms with Crippen LogP contribution in [0.25, 0.3) is 0 Å². The molecule has 0 bridgehead atoms. The summed E-state index contributed by atoms with van der Waals surface area (Å²) < 4.78 is 39.9. The molecule has 0 radical (unpaired) electrons. The Labute approximate surface area is 130 Å². The van der Waals surface area contributed by atoms with E-state index in [1.807, 2.05) is 6.92 Å². The minimum atomic E-state index is -3.84. The number of sulfonamides is 1. The first-order valence-corrected chi connectivity index (χ1v) is 8.84. The van der Waals surface area contributed by atoms with Crippen LogP contribution in [0.1, 0.15) is 13.3 Å². The zero-order valence-electron chi connectivity index (χ0n) is 10.1. The molecule has 0 aromatic heterocycles. The molecule has 3 nitrogen and oxygen atoms in total. The normalized spacial score (nSPS) is 13.5. The standard InChI is InChI=1S/C11H13BrCl2FNO2S/c1-7(4-5-12)6-16-19(17,18)9-3-2-8(13)11(15)10(9)14/h2-3,7,16H,4-6H2,1H3. The van der Waals surface area contributed by atoms with Gasteiger partial charge in [-0.15, -0.1) is 0 Å². The van der Waals surface area contributed by atoms with Gasteiger partial charge in [0.15, 0.2) is 5.82 Å². The lowest BCUT2D eigenvalue weighted by Crippen LogP contribution is -2.29. The number of alkyl halides is 1. The van der Waals surface area contributed by atoms with Crippen molar-refractivity contribution in [3.05, 3.63) is 28.0 Å². The van der Waals surface area contributed by atoms with E-state index in [1.54, 1.807) is 0 Å². The second kappa shape index (κ2) is 7.22. The highest BCUT2D eigenvalue weighted by molar-refractivity contribution is 9.09. The van der Waals surface area contributed by atoms with Gasteiger partial charge in [0.2, 0.25) is 10.0 Å². The van der Waals surface area contributed by atoms with E-state index in [-0.39, 0.29) is 22.4 Å². The summed E-state index contributed by atoms with van der Waals surface area (Å²) in [5.74, 6) is -0.773. The fourth-order valence-electron chi connectivity index (χ4n) is 1.33. The van der Waals surface area contributed by atoms with Crippen molar-refractivity contribution in [3.8, 4) is 0 Å². The summed E-state index contributed by atoms with van der Waals surface area (Å²) in [5.41, 5.74) is 0. The van der Waals surface area contributed by atoms with E-state index in [1.165, 1.54) is 12.1 Å². The highest BCUT2D eigenvalue weighted by Crippen LogP contribution is 2.29. The molecule has 1 rings (SSSR count). The number of rotatable bonds is 6. The first-order chi connectivity index (χ1) is 8.79. The van der Waals surface area contributed by atoms with Crippen molar-refractivity contribution < 1.29 is 12.8 Å². The average Bonchev–Trinajstić information content (AvgIpc) is 2.34. The summed E-state index contributed by atoms with van der Waals surface area (Å²) in [5, 5.41) is 0.0800. The van der Waals surface area contributed by atoms with Crippen LogP contribution in [0.2, 0.25) is 10.0 Å². The van der Waals surface area contributed by atoms with Gasteiger partial charge in [0.05, 0.1) is 10.0 Å². The fraction of sp³-hybridized carbons (Fsp3) is 0.455. The van der Waals surface area contributed by atoms with Crippen molar-refractivity contribution >= 4 is 49.2 Å². The van der Waals surface area contributed by atoms with E-state index in [2.05, 4.69) is 20.7 Å². The molecule has 1 aromatic carbocycles. The maximum atomic E-state index is 13.5. The van der Waals surface area contributed by atoms with Gasteiger partial charge in [0.25, 0.3) is 0 Å². The van der Waals surface area contributed by atoms with E-state index in [0.29, 0.717) is 0 Å². The number of benzene rings is 1. The van der Waals surface area contributed by atoms with Crippen LogP contribution in [0.4, 0.5) is 4.39 Å². The Kier molecular flexibility index (Phi) is 6.53. The molecule has 0 aliphatic heterocycles. The maximum absolute atomic E-state index is 13.5. The summed E-state index contributed by atoms with van der Waals surface area (Å²) in [6.07, 6.45) is 0.825. The zero-order valence-corrected chi connectivity index (χ0v) is 14.0. The Morgan fingerprint density at radius 1 is 1.42 bits per heavy atom. The monoisotopic (exact) mass is 391 g/mol. The van der Waals surface area contributed by atoms with Crippen LogP contribution >= 0.6 is 39.1 Å². The molecule has 1 atom stereocenters. The molecule has 0 heterocycles. The van der Waals surface area contributed by atoms with Gasteiger partial charge in [-0.25, -0.2) is 17.5 Å².